The fraction of sp³-hybridized carbons (Fsp3) is 1.00. The molecule has 2 aliphatic heterocycles. The topological polar surface area (TPSA) is 21.3 Å². The molecular weight excluding hydrogens is 206 g/mol. The zero-order valence-corrected chi connectivity index (χ0v) is 10.5. The van der Waals surface area contributed by atoms with Crippen molar-refractivity contribution in [2.24, 2.45) is 11.8 Å². The predicted octanol–water partition coefficient (Wildman–Crippen LogP) is 2.14. The average molecular weight is 229 g/mol. The molecule has 0 aliphatic carbocycles. The summed E-state index contributed by atoms with van der Waals surface area (Å²) in [5.74, 6) is 4.40. The summed E-state index contributed by atoms with van der Waals surface area (Å²) in [7, 11) is 0. The molecule has 2 nitrogen and oxygen atoms in total. The second kappa shape index (κ2) is 6.12. The third kappa shape index (κ3) is 3.11. The number of hydrogen-bond donors (Lipinski definition) is 1. The maximum atomic E-state index is 5.53. The van der Waals surface area contributed by atoms with Gasteiger partial charge in [0.2, 0.25) is 0 Å². The Kier molecular flexibility index (Phi) is 4.79. The van der Waals surface area contributed by atoms with Crippen LogP contribution in [-0.4, -0.2) is 37.3 Å². The molecule has 0 spiro atoms. The molecule has 2 aliphatic rings. The van der Waals surface area contributed by atoms with Gasteiger partial charge in [0, 0.05) is 18.6 Å². The Hall–Kier alpha value is 0.270. The summed E-state index contributed by atoms with van der Waals surface area (Å²) in [4.78, 5) is 0. The molecule has 2 saturated heterocycles. The maximum absolute atomic E-state index is 5.53. The predicted molar refractivity (Wildman–Crippen MR) is 66.4 cm³/mol. The van der Waals surface area contributed by atoms with E-state index in [1.807, 2.05) is 0 Å². The zero-order chi connectivity index (χ0) is 10.5. The fourth-order valence-corrected chi connectivity index (χ4v) is 4.01. The van der Waals surface area contributed by atoms with Gasteiger partial charge in [-0.1, -0.05) is 6.92 Å². The lowest BCUT2D eigenvalue weighted by atomic mass is 9.87. The van der Waals surface area contributed by atoms with Crippen molar-refractivity contribution in [3.63, 3.8) is 0 Å². The standard InChI is InChI=1S/C12H23NOS/c1-2-5-13-12(10-3-6-14-8-10)11-4-7-15-9-11/h10-13H,2-9H2,1H3. The van der Waals surface area contributed by atoms with E-state index in [-0.39, 0.29) is 0 Å². The summed E-state index contributed by atoms with van der Waals surface area (Å²) in [6, 6.07) is 0.724. The highest BCUT2D eigenvalue weighted by Gasteiger charge is 2.33. The van der Waals surface area contributed by atoms with Gasteiger partial charge in [0.05, 0.1) is 6.61 Å². The normalized spacial score (nSPS) is 33.4. The molecular formula is C12H23NOS. The molecule has 3 atom stereocenters. The Morgan fingerprint density at radius 1 is 1.40 bits per heavy atom. The van der Waals surface area contributed by atoms with E-state index in [1.54, 1.807) is 0 Å². The lowest BCUT2D eigenvalue weighted by Gasteiger charge is -2.29. The second-order valence-corrected chi connectivity index (χ2v) is 5.88. The summed E-state index contributed by atoms with van der Waals surface area (Å²) in [6.07, 6.45) is 3.91. The van der Waals surface area contributed by atoms with Crippen molar-refractivity contribution in [1.29, 1.82) is 0 Å². The number of hydrogen-bond acceptors (Lipinski definition) is 3. The maximum Gasteiger partial charge on any atom is 0.0510 e. The number of rotatable bonds is 5. The molecule has 0 saturated carbocycles. The van der Waals surface area contributed by atoms with Crippen LogP contribution in [0.4, 0.5) is 0 Å². The first kappa shape index (κ1) is 11.7. The third-order valence-corrected chi connectivity index (χ3v) is 4.76. The molecule has 0 aromatic heterocycles. The highest BCUT2D eigenvalue weighted by Crippen LogP contribution is 2.32. The Morgan fingerprint density at radius 3 is 2.93 bits per heavy atom. The molecule has 0 aromatic rings. The van der Waals surface area contributed by atoms with Crippen molar-refractivity contribution in [1.82, 2.24) is 5.32 Å². The first-order chi connectivity index (χ1) is 7.42. The molecule has 3 heteroatoms. The molecule has 1 N–H and O–H groups in total. The van der Waals surface area contributed by atoms with Crippen molar-refractivity contribution in [2.45, 2.75) is 32.2 Å². The SMILES string of the molecule is CCCNC(C1CCOC1)C1CCSC1. The fourth-order valence-electron chi connectivity index (χ4n) is 2.70. The van der Waals surface area contributed by atoms with Crippen LogP contribution >= 0.6 is 11.8 Å². The van der Waals surface area contributed by atoms with Gasteiger partial charge < -0.3 is 10.1 Å². The van der Waals surface area contributed by atoms with Crippen LogP contribution in [0.5, 0.6) is 0 Å². The molecule has 0 aromatic carbocycles. The number of ether oxygens (including phenoxy) is 1. The van der Waals surface area contributed by atoms with E-state index in [0.717, 1.165) is 31.1 Å². The van der Waals surface area contributed by atoms with E-state index in [0.29, 0.717) is 0 Å². The van der Waals surface area contributed by atoms with Crippen LogP contribution in [0.25, 0.3) is 0 Å². The summed E-state index contributed by atoms with van der Waals surface area (Å²) in [6.45, 7) is 5.39. The average Bonchev–Trinajstić information content (AvgIpc) is 2.90. The quantitative estimate of drug-likeness (QED) is 0.780. The first-order valence-electron chi connectivity index (χ1n) is 6.30. The van der Waals surface area contributed by atoms with Gasteiger partial charge in [-0.3, -0.25) is 0 Å². The lowest BCUT2D eigenvalue weighted by molar-refractivity contribution is 0.167. The van der Waals surface area contributed by atoms with Gasteiger partial charge in [-0.2, -0.15) is 11.8 Å². The monoisotopic (exact) mass is 229 g/mol. The molecule has 2 fully saturated rings. The minimum Gasteiger partial charge on any atom is -0.381 e. The zero-order valence-electron chi connectivity index (χ0n) is 9.71. The van der Waals surface area contributed by atoms with Crippen molar-refractivity contribution >= 4 is 11.8 Å². The summed E-state index contributed by atoms with van der Waals surface area (Å²) >= 11 is 2.12. The van der Waals surface area contributed by atoms with Gasteiger partial charge in [-0.15, -0.1) is 0 Å². The lowest BCUT2D eigenvalue weighted by Crippen LogP contribution is -2.43. The van der Waals surface area contributed by atoms with Crippen LogP contribution in [-0.2, 0) is 4.74 Å². The smallest absolute Gasteiger partial charge is 0.0510 e. The van der Waals surface area contributed by atoms with E-state index in [2.05, 4.69) is 24.0 Å². The molecule has 0 radical (unpaired) electrons. The Balaban J connectivity index is 1.88. The van der Waals surface area contributed by atoms with E-state index in [4.69, 9.17) is 4.74 Å². The van der Waals surface area contributed by atoms with Crippen molar-refractivity contribution < 1.29 is 4.74 Å². The van der Waals surface area contributed by atoms with Crippen molar-refractivity contribution in [3.8, 4) is 0 Å². The minimum atomic E-state index is 0.724. The van der Waals surface area contributed by atoms with E-state index in [9.17, 15) is 0 Å². The van der Waals surface area contributed by atoms with Gasteiger partial charge in [0.25, 0.3) is 0 Å². The van der Waals surface area contributed by atoms with Crippen LogP contribution in [0.3, 0.4) is 0 Å². The minimum absolute atomic E-state index is 0.724. The van der Waals surface area contributed by atoms with Crippen LogP contribution in [0.1, 0.15) is 26.2 Å². The molecule has 2 rings (SSSR count). The summed E-state index contributed by atoms with van der Waals surface area (Å²) in [5, 5.41) is 3.76. The van der Waals surface area contributed by atoms with Gasteiger partial charge in [-0.05, 0) is 43.2 Å². The molecule has 2 heterocycles. The highest BCUT2D eigenvalue weighted by molar-refractivity contribution is 7.99. The van der Waals surface area contributed by atoms with Crippen LogP contribution in [0.2, 0.25) is 0 Å². The Bertz CT molecular complexity index is 160. The number of thioether (sulfide) groups is 1. The van der Waals surface area contributed by atoms with E-state index in [1.165, 1.54) is 37.3 Å². The van der Waals surface area contributed by atoms with Crippen LogP contribution in [0, 0.1) is 11.8 Å². The highest BCUT2D eigenvalue weighted by atomic mass is 32.2. The Labute approximate surface area is 97.5 Å². The van der Waals surface area contributed by atoms with Gasteiger partial charge in [0.1, 0.15) is 0 Å². The van der Waals surface area contributed by atoms with Gasteiger partial charge in [-0.25, -0.2) is 0 Å². The van der Waals surface area contributed by atoms with Crippen LogP contribution in [0.15, 0.2) is 0 Å². The summed E-state index contributed by atoms with van der Waals surface area (Å²) < 4.78 is 5.53. The molecule has 3 unspecified atom stereocenters. The molecule has 88 valence electrons. The third-order valence-electron chi connectivity index (χ3n) is 3.58. The van der Waals surface area contributed by atoms with Crippen molar-refractivity contribution in [2.75, 3.05) is 31.3 Å². The molecule has 15 heavy (non-hydrogen) atoms. The van der Waals surface area contributed by atoms with E-state index < -0.39 is 0 Å². The summed E-state index contributed by atoms with van der Waals surface area (Å²) in [5.41, 5.74) is 0. The second-order valence-electron chi connectivity index (χ2n) is 4.73. The van der Waals surface area contributed by atoms with Gasteiger partial charge >= 0.3 is 0 Å². The molecule has 0 bridgehead atoms. The molecule has 0 amide bonds. The van der Waals surface area contributed by atoms with E-state index >= 15 is 0 Å². The van der Waals surface area contributed by atoms with Crippen LogP contribution < -0.4 is 5.32 Å². The first-order valence-corrected chi connectivity index (χ1v) is 7.46. The Morgan fingerprint density at radius 2 is 2.33 bits per heavy atom. The van der Waals surface area contributed by atoms with Crippen molar-refractivity contribution in [3.05, 3.63) is 0 Å². The van der Waals surface area contributed by atoms with Gasteiger partial charge in [0.15, 0.2) is 0 Å². The number of nitrogens with one attached hydrogen (secondary N) is 1. The largest absolute Gasteiger partial charge is 0.381 e.